The second-order valence-electron chi connectivity index (χ2n) is 11.0. The molecular weight excluding hydrogens is 312 g/mol. The summed E-state index contributed by atoms with van der Waals surface area (Å²) in [6, 6.07) is 0. The molecule has 0 aromatic rings. The van der Waals surface area contributed by atoms with E-state index in [4.69, 9.17) is 0 Å². The first kappa shape index (κ1) is 20.7. The van der Waals surface area contributed by atoms with E-state index in [1.54, 1.807) is 64.2 Å². The quantitative estimate of drug-likeness (QED) is 0.470. The van der Waals surface area contributed by atoms with Crippen LogP contribution in [0.15, 0.2) is 0 Å². The van der Waals surface area contributed by atoms with Crippen molar-refractivity contribution in [3.63, 3.8) is 0 Å². The van der Waals surface area contributed by atoms with Gasteiger partial charge in [-0.25, -0.2) is 0 Å². The average molecular weight is 361 g/mol. The smallest absolute Gasteiger partial charge is 0.0411 e. The van der Waals surface area contributed by atoms with E-state index in [0.717, 1.165) is 35.5 Å². The standard InChI is InChI=1S/C26H48/c1-21-7-3-5-9-23(10-6-4-8-21)19-25-15-17-26(18-16-25)20-24-13-11-22(2)12-14-24/h21-26H,3-20H2,1-2H3. The zero-order valence-corrected chi connectivity index (χ0v) is 18.2. The maximum absolute atomic E-state index is 2.48. The molecule has 0 unspecified atom stereocenters. The Labute approximate surface area is 165 Å². The van der Waals surface area contributed by atoms with Crippen LogP contribution in [0.3, 0.4) is 0 Å². The molecule has 0 aromatic carbocycles. The SMILES string of the molecule is CC1CCCCC(CC2CCC(CC3CCC(C)CC3)CC2)CCCC1. The average Bonchev–Trinajstić information content (AvgIpc) is 2.65. The molecular formula is C26H48. The van der Waals surface area contributed by atoms with E-state index in [1.807, 2.05) is 0 Å². The number of hydrogen-bond acceptors (Lipinski definition) is 0. The van der Waals surface area contributed by atoms with Crippen molar-refractivity contribution in [1.29, 1.82) is 0 Å². The summed E-state index contributed by atoms with van der Waals surface area (Å²) in [5, 5.41) is 0. The Morgan fingerprint density at radius 1 is 0.385 bits per heavy atom. The van der Waals surface area contributed by atoms with E-state index < -0.39 is 0 Å². The van der Waals surface area contributed by atoms with Gasteiger partial charge >= 0.3 is 0 Å². The second kappa shape index (κ2) is 11.1. The first-order chi connectivity index (χ1) is 12.7. The van der Waals surface area contributed by atoms with Gasteiger partial charge in [0, 0.05) is 0 Å². The summed E-state index contributed by atoms with van der Waals surface area (Å²) in [5.41, 5.74) is 0. The monoisotopic (exact) mass is 360 g/mol. The van der Waals surface area contributed by atoms with Gasteiger partial charge in [0.2, 0.25) is 0 Å². The molecule has 26 heavy (non-hydrogen) atoms. The highest BCUT2D eigenvalue weighted by Crippen LogP contribution is 2.40. The Morgan fingerprint density at radius 3 is 1.15 bits per heavy atom. The van der Waals surface area contributed by atoms with Crippen LogP contribution < -0.4 is 0 Å². The molecule has 3 fully saturated rings. The minimum Gasteiger partial charge on any atom is -0.0625 e. The van der Waals surface area contributed by atoms with Crippen molar-refractivity contribution in [2.24, 2.45) is 35.5 Å². The Balaban J connectivity index is 1.33. The third-order valence-corrected chi connectivity index (χ3v) is 8.55. The van der Waals surface area contributed by atoms with Gasteiger partial charge in [-0.05, 0) is 48.3 Å². The van der Waals surface area contributed by atoms with Crippen molar-refractivity contribution in [3.05, 3.63) is 0 Å². The van der Waals surface area contributed by atoms with Crippen LogP contribution in [0.1, 0.15) is 129 Å². The molecule has 0 spiro atoms. The summed E-state index contributed by atoms with van der Waals surface area (Å²) < 4.78 is 0. The lowest BCUT2D eigenvalue weighted by atomic mass is 9.71. The van der Waals surface area contributed by atoms with Crippen molar-refractivity contribution in [1.82, 2.24) is 0 Å². The summed E-state index contributed by atoms with van der Waals surface area (Å²) in [5.74, 6) is 6.36. The van der Waals surface area contributed by atoms with Crippen molar-refractivity contribution in [3.8, 4) is 0 Å². The summed E-state index contributed by atoms with van der Waals surface area (Å²) in [7, 11) is 0. The van der Waals surface area contributed by atoms with Gasteiger partial charge in [0.1, 0.15) is 0 Å². The Morgan fingerprint density at radius 2 is 0.692 bits per heavy atom. The third kappa shape index (κ3) is 7.20. The van der Waals surface area contributed by atoms with Crippen molar-refractivity contribution < 1.29 is 0 Å². The fraction of sp³-hybridized carbons (Fsp3) is 1.00. The highest BCUT2D eigenvalue weighted by atomic mass is 14.3. The van der Waals surface area contributed by atoms with E-state index in [-0.39, 0.29) is 0 Å². The first-order valence-electron chi connectivity index (χ1n) is 12.7. The summed E-state index contributed by atoms with van der Waals surface area (Å²) in [6.45, 7) is 4.94. The van der Waals surface area contributed by atoms with Crippen LogP contribution in [0.4, 0.5) is 0 Å². The van der Waals surface area contributed by atoms with Gasteiger partial charge < -0.3 is 0 Å². The van der Waals surface area contributed by atoms with Gasteiger partial charge in [0.25, 0.3) is 0 Å². The first-order valence-corrected chi connectivity index (χ1v) is 12.7. The van der Waals surface area contributed by atoms with E-state index in [0.29, 0.717) is 0 Å². The summed E-state index contributed by atoms with van der Waals surface area (Å²) in [6.07, 6.45) is 27.7. The Hall–Kier alpha value is 0. The molecule has 0 heteroatoms. The highest BCUT2D eigenvalue weighted by molar-refractivity contribution is 4.79. The van der Waals surface area contributed by atoms with E-state index >= 15 is 0 Å². The fourth-order valence-electron chi connectivity index (χ4n) is 6.59. The molecule has 0 N–H and O–H groups in total. The second-order valence-corrected chi connectivity index (χ2v) is 11.0. The van der Waals surface area contributed by atoms with Gasteiger partial charge in [0.05, 0.1) is 0 Å². The molecule has 0 amide bonds. The van der Waals surface area contributed by atoms with Crippen LogP contribution in [0.25, 0.3) is 0 Å². The summed E-state index contributed by atoms with van der Waals surface area (Å²) >= 11 is 0. The molecule has 0 heterocycles. The molecule has 0 aliphatic heterocycles. The number of hydrogen-bond donors (Lipinski definition) is 0. The largest absolute Gasteiger partial charge is 0.0625 e. The Kier molecular flexibility index (Phi) is 8.86. The van der Waals surface area contributed by atoms with Gasteiger partial charge in [-0.3, -0.25) is 0 Å². The molecule has 3 saturated carbocycles. The molecule has 0 atom stereocenters. The molecule has 0 saturated heterocycles. The van der Waals surface area contributed by atoms with Crippen LogP contribution >= 0.6 is 0 Å². The van der Waals surface area contributed by atoms with Crippen LogP contribution in [-0.2, 0) is 0 Å². The minimum atomic E-state index is 0.995. The molecule has 0 aromatic heterocycles. The van der Waals surface area contributed by atoms with Crippen molar-refractivity contribution >= 4 is 0 Å². The fourth-order valence-corrected chi connectivity index (χ4v) is 6.59. The van der Waals surface area contributed by atoms with Crippen LogP contribution in [0.5, 0.6) is 0 Å². The Bertz CT molecular complexity index is 344. The van der Waals surface area contributed by atoms with Crippen LogP contribution in [0, 0.1) is 35.5 Å². The van der Waals surface area contributed by atoms with E-state index in [1.165, 1.54) is 51.4 Å². The van der Waals surface area contributed by atoms with Crippen molar-refractivity contribution in [2.45, 2.75) is 129 Å². The zero-order chi connectivity index (χ0) is 18.2. The minimum absolute atomic E-state index is 0.995. The molecule has 3 aliphatic rings. The predicted molar refractivity (Wildman–Crippen MR) is 115 cm³/mol. The van der Waals surface area contributed by atoms with Gasteiger partial charge in [-0.15, -0.1) is 0 Å². The predicted octanol–water partition coefficient (Wildman–Crippen LogP) is 8.79. The van der Waals surface area contributed by atoms with Crippen LogP contribution in [0.2, 0.25) is 0 Å². The molecule has 0 radical (unpaired) electrons. The number of rotatable bonds is 4. The maximum Gasteiger partial charge on any atom is -0.0411 e. The van der Waals surface area contributed by atoms with Crippen molar-refractivity contribution in [2.75, 3.05) is 0 Å². The van der Waals surface area contributed by atoms with E-state index in [2.05, 4.69) is 13.8 Å². The molecule has 152 valence electrons. The molecule has 3 rings (SSSR count). The zero-order valence-electron chi connectivity index (χ0n) is 18.2. The topological polar surface area (TPSA) is 0 Å². The van der Waals surface area contributed by atoms with Crippen LogP contribution in [-0.4, -0.2) is 0 Å². The van der Waals surface area contributed by atoms with Gasteiger partial charge in [-0.2, -0.15) is 0 Å². The lowest BCUT2D eigenvalue weighted by Crippen LogP contribution is -2.21. The highest BCUT2D eigenvalue weighted by Gasteiger charge is 2.27. The van der Waals surface area contributed by atoms with E-state index in [9.17, 15) is 0 Å². The molecule has 3 aliphatic carbocycles. The maximum atomic E-state index is 2.48. The third-order valence-electron chi connectivity index (χ3n) is 8.55. The molecule has 0 bridgehead atoms. The lowest BCUT2D eigenvalue weighted by molar-refractivity contribution is 0.177. The van der Waals surface area contributed by atoms with Gasteiger partial charge in [0.15, 0.2) is 0 Å². The normalized spacial score (nSPS) is 40.8. The van der Waals surface area contributed by atoms with Gasteiger partial charge in [-0.1, -0.05) is 117 Å². The summed E-state index contributed by atoms with van der Waals surface area (Å²) in [4.78, 5) is 0. The molecule has 0 nitrogen and oxygen atoms in total. The lowest BCUT2D eigenvalue weighted by Gasteiger charge is -2.34.